The minimum atomic E-state index is 0.0870. The zero-order valence-electron chi connectivity index (χ0n) is 14.4. The molecule has 0 spiro atoms. The van der Waals surface area contributed by atoms with Crippen LogP contribution in [0.1, 0.15) is 51.7 Å². The van der Waals surface area contributed by atoms with Crippen molar-refractivity contribution in [2.24, 2.45) is 5.92 Å². The van der Waals surface area contributed by atoms with E-state index in [1.807, 2.05) is 0 Å². The third kappa shape index (κ3) is 8.24. The molecule has 1 aromatic heterocycles. The third-order valence-corrected chi connectivity index (χ3v) is 2.92. The van der Waals surface area contributed by atoms with E-state index in [2.05, 4.69) is 52.9 Å². The summed E-state index contributed by atoms with van der Waals surface area (Å²) >= 11 is 0. The molecular weight excluding hydrogens is 266 g/mol. The number of rotatable bonds is 9. The molecule has 0 atom stereocenters. The van der Waals surface area contributed by atoms with Crippen molar-refractivity contribution in [1.29, 1.82) is 0 Å². The maximum Gasteiger partial charge on any atom is 0.130 e. The number of nitrogens with one attached hydrogen (secondary N) is 1. The molecule has 0 aromatic carbocycles. The first-order valence-electron chi connectivity index (χ1n) is 7.76. The molecule has 0 aliphatic heterocycles. The second-order valence-electron chi connectivity index (χ2n) is 6.94. The van der Waals surface area contributed by atoms with Crippen LogP contribution in [-0.2, 0) is 22.6 Å². The summed E-state index contributed by atoms with van der Waals surface area (Å²) in [4.78, 5) is 0. The van der Waals surface area contributed by atoms with Crippen molar-refractivity contribution in [3.8, 4) is 0 Å². The molecule has 1 aromatic rings. The van der Waals surface area contributed by atoms with Crippen LogP contribution in [0, 0.1) is 12.8 Å². The Bertz CT molecular complexity index is 405. The molecule has 122 valence electrons. The van der Waals surface area contributed by atoms with Crippen molar-refractivity contribution in [1.82, 2.24) is 5.32 Å². The highest BCUT2D eigenvalue weighted by Gasteiger charge is 2.12. The van der Waals surface area contributed by atoms with Gasteiger partial charge in [-0.3, -0.25) is 0 Å². The van der Waals surface area contributed by atoms with E-state index in [9.17, 15) is 0 Å². The van der Waals surface area contributed by atoms with E-state index < -0.39 is 0 Å². The van der Waals surface area contributed by atoms with Crippen molar-refractivity contribution in [2.75, 3.05) is 19.8 Å². The van der Waals surface area contributed by atoms with Crippen LogP contribution in [0.25, 0.3) is 0 Å². The van der Waals surface area contributed by atoms with Gasteiger partial charge in [0.15, 0.2) is 0 Å². The SMILES string of the molecule is Cc1cc(COCCOCC(C)C)oc1CNC(C)(C)C. The van der Waals surface area contributed by atoms with Gasteiger partial charge in [-0.2, -0.15) is 0 Å². The van der Waals surface area contributed by atoms with Crippen molar-refractivity contribution in [3.63, 3.8) is 0 Å². The van der Waals surface area contributed by atoms with Crippen LogP contribution in [0.5, 0.6) is 0 Å². The summed E-state index contributed by atoms with van der Waals surface area (Å²) in [6, 6.07) is 2.05. The van der Waals surface area contributed by atoms with E-state index in [0.29, 0.717) is 25.7 Å². The Labute approximate surface area is 129 Å². The molecule has 21 heavy (non-hydrogen) atoms. The lowest BCUT2D eigenvalue weighted by Gasteiger charge is -2.19. The minimum absolute atomic E-state index is 0.0870. The van der Waals surface area contributed by atoms with Crippen LogP contribution < -0.4 is 5.32 Å². The largest absolute Gasteiger partial charge is 0.462 e. The Morgan fingerprint density at radius 3 is 2.48 bits per heavy atom. The lowest BCUT2D eigenvalue weighted by Crippen LogP contribution is -2.35. The van der Waals surface area contributed by atoms with Gasteiger partial charge < -0.3 is 19.2 Å². The van der Waals surface area contributed by atoms with Gasteiger partial charge in [0.25, 0.3) is 0 Å². The zero-order chi connectivity index (χ0) is 15.9. The van der Waals surface area contributed by atoms with E-state index in [1.165, 1.54) is 5.56 Å². The number of aryl methyl sites for hydroxylation is 1. The third-order valence-electron chi connectivity index (χ3n) is 2.92. The summed E-state index contributed by atoms with van der Waals surface area (Å²) in [7, 11) is 0. The summed E-state index contributed by atoms with van der Waals surface area (Å²) in [5.74, 6) is 2.43. The molecule has 0 radical (unpaired) electrons. The number of hydrogen-bond donors (Lipinski definition) is 1. The second kappa shape index (κ2) is 8.57. The molecular formula is C17H31NO3. The van der Waals surface area contributed by atoms with Crippen LogP contribution in [-0.4, -0.2) is 25.4 Å². The van der Waals surface area contributed by atoms with Crippen LogP contribution in [0.2, 0.25) is 0 Å². The Hall–Kier alpha value is -0.840. The second-order valence-corrected chi connectivity index (χ2v) is 6.94. The van der Waals surface area contributed by atoms with Gasteiger partial charge in [0.05, 0.1) is 19.8 Å². The maximum absolute atomic E-state index is 5.83. The van der Waals surface area contributed by atoms with E-state index >= 15 is 0 Å². The molecule has 1 heterocycles. The van der Waals surface area contributed by atoms with Gasteiger partial charge >= 0.3 is 0 Å². The molecule has 0 aliphatic carbocycles. The fraction of sp³-hybridized carbons (Fsp3) is 0.765. The van der Waals surface area contributed by atoms with E-state index in [-0.39, 0.29) is 5.54 Å². The monoisotopic (exact) mass is 297 g/mol. The topological polar surface area (TPSA) is 43.6 Å². The van der Waals surface area contributed by atoms with Crippen LogP contribution in [0.15, 0.2) is 10.5 Å². The first-order chi connectivity index (χ1) is 9.78. The van der Waals surface area contributed by atoms with Crippen molar-refractivity contribution >= 4 is 0 Å². The fourth-order valence-corrected chi connectivity index (χ4v) is 1.79. The van der Waals surface area contributed by atoms with Crippen LogP contribution in [0.3, 0.4) is 0 Å². The highest BCUT2D eigenvalue weighted by Crippen LogP contribution is 2.16. The Kier molecular flexibility index (Phi) is 7.43. The van der Waals surface area contributed by atoms with Gasteiger partial charge in [-0.25, -0.2) is 0 Å². The molecule has 0 bridgehead atoms. The highest BCUT2D eigenvalue weighted by molar-refractivity contribution is 5.19. The molecule has 4 nitrogen and oxygen atoms in total. The Morgan fingerprint density at radius 1 is 1.19 bits per heavy atom. The smallest absolute Gasteiger partial charge is 0.130 e. The molecule has 4 heteroatoms. The summed E-state index contributed by atoms with van der Waals surface area (Å²) in [5, 5.41) is 3.43. The van der Waals surface area contributed by atoms with E-state index in [0.717, 1.165) is 24.7 Å². The first kappa shape index (κ1) is 18.2. The normalized spacial score (nSPS) is 12.3. The quantitative estimate of drug-likeness (QED) is 0.706. The predicted molar refractivity (Wildman–Crippen MR) is 85.4 cm³/mol. The summed E-state index contributed by atoms with van der Waals surface area (Å²) in [5.41, 5.74) is 1.25. The van der Waals surface area contributed by atoms with Gasteiger partial charge in [0.1, 0.15) is 18.1 Å². The average Bonchev–Trinajstić information content (AvgIpc) is 2.70. The average molecular weight is 297 g/mol. The Balaban J connectivity index is 2.27. The minimum Gasteiger partial charge on any atom is -0.462 e. The number of hydrogen-bond acceptors (Lipinski definition) is 4. The molecule has 0 fully saturated rings. The first-order valence-corrected chi connectivity index (χ1v) is 7.76. The highest BCUT2D eigenvalue weighted by atomic mass is 16.5. The summed E-state index contributed by atoms with van der Waals surface area (Å²) in [6.45, 7) is 16.0. The lowest BCUT2D eigenvalue weighted by molar-refractivity contribution is 0.0261. The van der Waals surface area contributed by atoms with Gasteiger partial charge in [0, 0.05) is 12.1 Å². The summed E-state index contributed by atoms with van der Waals surface area (Å²) < 4.78 is 16.9. The number of furan rings is 1. The molecule has 1 rings (SSSR count). The van der Waals surface area contributed by atoms with Crippen molar-refractivity contribution in [3.05, 3.63) is 23.2 Å². The molecule has 1 N–H and O–H groups in total. The van der Waals surface area contributed by atoms with E-state index in [1.54, 1.807) is 0 Å². The Morgan fingerprint density at radius 2 is 1.86 bits per heavy atom. The zero-order valence-corrected chi connectivity index (χ0v) is 14.4. The molecule has 0 aliphatic rings. The van der Waals surface area contributed by atoms with Gasteiger partial charge in [-0.1, -0.05) is 13.8 Å². The molecule has 0 amide bonds. The van der Waals surface area contributed by atoms with Crippen molar-refractivity contribution < 1.29 is 13.9 Å². The predicted octanol–water partition coefficient (Wildman–Crippen LogP) is 3.67. The molecule has 0 saturated heterocycles. The van der Waals surface area contributed by atoms with Gasteiger partial charge in [-0.05, 0) is 45.2 Å². The number of ether oxygens (including phenoxy) is 2. The van der Waals surface area contributed by atoms with Gasteiger partial charge in [0.2, 0.25) is 0 Å². The van der Waals surface area contributed by atoms with Crippen molar-refractivity contribution in [2.45, 2.75) is 60.2 Å². The lowest BCUT2D eigenvalue weighted by atomic mass is 10.1. The maximum atomic E-state index is 5.83. The fourth-order valence-electron chi connectivity index (χ4n) is 1.79. The molecule has 0 unspecified atom stereocenters. The van der Waals surface area contributed by atoms with Gasteiger partial charge in [-0.15, -0.1) is 0 Å². The van der Waals surface area contributed by atoms with E-state index in [4.69, 9.17) is 13.9 Å². The standard InChI is InChI=1S/C17H31NO3/c1-13(2)11-19-7-8-20-12-15-9-14(3)16(21-15)10-18-17(4,5)6/h9,13,18H,7-8,10-12H2,1-6H3. The summed E-state index contributed by atoms with van der Waals surface area (Å²) in [6.07, 6.45) is 0. The molecule has 0 saturated carbocycles. The van der Waals surface area contributed by atoms with Crippen LogP contribution in [0.4, 0.5) is 0 Å². The van der Waals surface area contributed by atoms with Crippen LogP contribution >= 0.6 is 0 Å².